The summed E-state index contributed by atoms with van der Waals surface area (Å²) in [7, 11) is 0. The SMILES string of the molecule is O=c1[nH]n(-c2ncnc3sc4c(c23)CCC4)c(=O)c2ccccc12. The second kappa shape index (κ2) is 4.85. The lowest BCUT2D eigenvalue weighted by Crippen LogP contribution is -2.29. The molecule has 0 aliphatic heterocycles. The molecule has 24 heavy (non-hydrogen) atoms. The molecule has 0 radical (unpaired) electrons. The van der Waals surface area contributed by atoms with Crippen LogP contribution in [0.15, 0.2) is 40.2 Å². The maximum absolute atomic E-state index is 12.9. The average Bonchev–Trinajstić information content (AvgIpc) is 3.19. The zero-order chi connectivity index (χ0) is 16.3. The number of fused-ring (bicyclic) bond motifs is 4. The fourth-order valence-corrected chi connectivity index (χ4v) is 4.65. The summed E-state index contributed by atoms with van der Waals surface area (Å²) in [6.07, 6.45) is 4.55. The molecule has 3 heterocycles. The molecule has 0 amide bonds. The molecule has 1 aromatic carbocycles. The van der Waals surface area contributed by atoms with Gasteiger partial charge in [0, 0.05) is 4.88 Å². The molecule has 1 aliphatic carbocycles. The van der Waals surface area contributed by atoms with Crippen LogP contribution in [0.1, 0.15) is 16.9 Å². The van der Waals surface area contributed by atoms with Gasteiger partial charge in [-0.3, -0.25) is 14.7 Å². The number of H-pyrrole nitrogens is 1. The van der Waals surface area contributed by atoms with E-state index in [1.54, 1.807) is 35.6 Å². The normalized spacial score (nSPS) is 13.7. The van der Waals surface area contributed by atoms with E-state index in [0.29, 0.717) is 16.6 Å². The van der Waals surface area contributed by atoms with Gasteiger partial charge >= 0.3 is 0 Å². The number of benzene rings is 1. The van der Waals surface area contributed by atoms with Gasteiger partial charge in [0.15, 0.2) is 5.82 Å². The first kappa shape index (κ1) is 13.6. The van der Waals surface area contributed by atoms with Crippen LogP contribution in [-0.2, 0) is 12.8 Å². The van der Waals surface area contributed by atoms with E-state index < -0.39 is 0 Å². The van der Waals surface area contributed by atoms with Crippen molar-refractivity contribution in [1.29, 1.82) is 0 Å². The zero-order valence-corrected chi connectivity index (χ0v) is 13.4. The van der Waals surface area contributed by atoms with Crippen LogP contribution in [0.5, 0.6) is 0 Å². The highest BCUT2D eigenvalue weighted by molar-refractivity contribution is 7.19. The van der Waals surface area contributed by atoms with E-state index in [1.807, 2.05) is 0 Å². The van der Waals surface area contributed by atoms with Crippen molar-refractivity contribution in [2.45, 2.75) is 19.3 Å². The van der Waals surface area contributed by atoms with Gasteiger partial charge in [0.2, 0.25) is 0 Å². The van der Waals surface area contributed by atoms with Crippen molar-refractivity contribution in [3.8, 4) is 5.82 Å². The molecule has 6 nitrogen and oxygen atoms in total. The summed E-state index contributed by atoms with van der Waals surface area (Å²) in [5.74, 6) is 0.465. The molecule has 1 aliphatic rings. The molecule has 0 saturated heterocycles. The van der Waals surface area contributed by atoms with Crippen molar-refractivity contribution in [2.24, 2.45) is 0 Å². The fraction of sp³-hybridized carbons (Fsp3) is 0.176. The largest absolute Gasteiger partial charge is 0.279 e. The maximum atomic E-state index is 12.9. The minimum absolute atomic E-state index is 0.275. The Bertz CT molecular complexity index is 1240. The van der Waals surface area contributed by atoms with Gasteiger partial charge < -0.3 is 0 Å². The average molecular weight is 336 g/mol. The van der Waals surface area contributed by atoms with Crippen molar-refractivity contribution >= 4 is 32.3 Å². The molecule has 3 aromatic heterocycles. The molecule has 0 spiro atoms. The van der Waals surface area contributed by atoms with Gasteiger partial charge in [0.25, 0.3) is 11.1 Å². The van der Waals surface area contributed by atoms with E-state index in [4.69, 9.17) is 0 Å². The lowest BCUT2D eigenvalue weighted by molar-refractivity contribution is 0.780. The number of hydrogen-bond acceptors (Lipinski definition) is 5. The molecule has 1 N–H and O–H groups in total. The smallest absolute Gasteiger partial charge is 0.267 e. The Hall–Kier alpha value is -2.80. The zero-order valence-electron chi connectivity index (χ0n) is 12.6. The molecular formula is C17H12N4O2S. The first-order valence-electron chi connectivity index (χ1n) is 7.74. The van der Waals surface area contributed by atoms with E-state index >= 15 is 0 Å². The fourth-order valence-electron chi connectivity index (χ4n) is 3.43. The number of aromatic amines is 1. The molecule has 0 fully saturated rings. The Morgan fingerprint density at radius 2 is 1.92 bits per heavy atom. The van der Waals surface area contributed by atoms with Gasteiger partial charge in [-0.05, 0) is 37.0 Å². The molecule has 0 saturated carbocycles. The van der Waals surface area contributed by atoms with Gasteiger partial charge in [0.05, 0.1) is 16.2 Å². The topological polar surface area (TPSA) is 80.6 Å². The second-order valence-electron chi connectivity index (χ2n) is 5.86. The Morgan fingerprint density at radius 1 is 1.08 bits per heavy atom. The summed E-state index contributed by atoms with van der Waals surface area (Å²) in [6, 6.07) is 6.82. The number of hydrogen-bond donors (Lipinski definition) is 1. The summed E-state index contributed by atoms with van der Waals surface area (Å²) >= 11 is 1.65. The lowest BCUT2D eigenvalue weighted by atomic mass is 10.2. The van der Waals surface area contributed by atoms with Crippen LogP contribution >= 0.6 is 11.3 Å². The van der Waals surface area contributed by atoms with Gasteiger partial charge in [-0.25, -0.2) is 9.97 Å². The van der Waals surface area contributed by atoms with Crippen molar-refractivity contribution in [3.05, 3.63) is 61.7 Å². The summed E-state index contributed by atoms with van der Waals surface area (Å²) in [4.78, 5) is 36.1. The molecular weight excluding hydrogens is 324 g/mol. The highest BCUT2D eigenvalue weighted by Crippen LogP contribution is 2.37. The Balaban J connectivity index is 1.92. The molecule has 0 bridgehead atoms. The number of thiophene rings is 1. The molecule has 0 atom stereocenters. The van der Waals surface area contributed by atoms with Crippen LogP contribution < -0.4 is 11.1 Å². The molecule has 118 valence electrons. The van der Waals surface area contributed by atoms with Crippen LogP contribution in [0.2, 0.25) is 0 Å². The summed E-state index contributed by atoms with van der Waals surface area (Å²) in [5, 5.41) is 4.34. The van der Waals surface area contributed by atoms with Crippen LogP contribution in [0, 0.1) is 0 Å². The molecule has 7 heteroatoms. The Kier molecular flexibility index (Phi) is 2.75. The van der Waals surface area contributed by atoms with Gasteiger partial charge in [-0.15, -0.1) is 11.3 Å². The van der Waals surface area contributed by atoms with Crippen LogP contribution in [0.4, 0.5) is 0 Å². The monoisotopic (exact) mass is 336 g/mol. The lowest BCUT2D eigenvalue weighted by Gasteiger charge is -2.08. The van der Waals surface area contributed by atoms with Crippen LogP contribution in [0.25, 0.3) is 26.8 Å². The van der Waals surface area contributed by atoms with E-state index in [0.717, 1.165) is 29.5 Å². The highest BCUT2D eigenvalue weighted by Gasteiger charge is 2.23. The predicted molar refractivity (Wildman–Crippen MR) is 93.2 cm³/mol. The third-order valence-electron chi connectivity index (χ3n) is 4.51. The number of rotatable bonds is 1. The minimum Gasteiger partial charge on any atom is -0.267 e. The van der Waals surface area contributed by atoms with E-state index in [-0.39, 0.29) is 11.1 Å². The Morgan fingerprint density at radius 3 is 2.79 bits per heavy atom. The first-order chi connectivity index (χ1) is 11.7. The minimum atomic E-state index is -0.302. The molecule has 0 unspecified atom stereocenters. The van der Waals surface area contributed by atoms with Crippen molar-refractivity contribution in [1.82, 2.24) is 19.7 Å². The van der Waals surface area contributed by atoms with Gasteiger partial charge in [0.1, 0.15) is 11.2 Å². The van der Waals surface area contributed by atoms with Crippen LogP contribution in [0.3, 0.4) is 0 Å². The summed E-state index contributed by atoms with van der Waals surface area (Å²) < 4.78 is 1.26. The van der Waals surface area contributed by atoms with Gasteiger partial charge in [-0.2, -0.15) is 4.68 Å². The summed E-state index contributed by atoms with van der Waals surface area (Å²) in [5.41, 5.74) is 0.637. The number of aryl methyl sites for hydroxylation is 2. The Labute approximate surface area is 139 Å². The second-order valence-corrected chi connectivity index (χ2v) is 6.95. The van der Waals surface area contributed by atoms with Gasteiger partial charge in [-0.1, -0.05) is 12.1 Å². The maximum Gasteiger partial charge on any atom is 0.279 e. The highest BCUT2D eigenvalue weighted by atomic mass is 32.1. The van der Waals surface area contributed by atoms with Crippen molar-refractivity contribution < 1.29 is 0 Å². The predicted octanol–water partition coefficient (Wildman–Crippen LogP) is 2.17. The number of aromatic nitrogens is 4. The first-order valence-corrected chi connectivity index (χ1v) is 8.55. The quantitative estimate of drug-likeness (QED) is 0.578. The van der Waals surface area contributed by atoms with Crippen molar-refractivity contribution in [3.63, 3.8) is 0 Å². The molecule has 4 aromatic rings. The van der Waals surface area contributed by atoms with Crippen LogP contribution in [-0.4, -0.2) is 19.7 Å². The third-order valence-corrected chi connectivity index (χ3v) is 5.71. The van der Waals surface area contributed by atoms with E-state index in [1.165, 1.54) is 21.4 Å². The standard InChI is InChI=1S/C17H12N4O2S/c22-15-9-4-1-2-5-10(9)17(23)21(20-15)14-13-11-6-3-7-12(11)24-16(13)19-8-18-14/h1-2,4-5,8H,3,6-7H2,(H,20,22). The number of nitrogens with one attached hydrogen (secondary N) is 1. The summed E-state index contributed by atoms with van der Waals surface area (Å²) in [6.45, 7) is 0. The van der Waals surface area contributed by atoms with E-state index in [2.05, 4.69) is 15.1 Å². The van der Waals surface area contributed by atoms with Crippen molar-refractivity contribution in [2.75, 3.05) is 0 Å². The third kappa shape index (κ3) is 1.75. The van der Waals surface area contributed by atoms with E-state index in [9.17, 15) is 9.59 Å². The number of nitrogens with zero attached hydrogens (tertiary/aromatic N) is 3. The molecule has 5 rings (SSSR count).